The zero-order valence-electron chi connectivity index (χ0n) is 17.1. The Morgan fingerprint density at radius 1 is 1.30 bits per heavy atom. The van der Waals surface area contributed by atoms with Gasteiger partial charge < -0.3 is 15.4 Å². The van der Waals surface area contributed by atoms with Crippen molar-refractivity contribution < 1.29 is 9.53 Å². The van der Waals surface area contributed by atoms with Gasteiger partial charge in [-0.15, -0.1) is 0 Å². The maximum atomic E-state index is 11.2. The van der Waals surface area contributed by atoms with Crippen LogP contribution in [-0.2, 0) is 11.3 Å². The summed E-state index contributed by atoms with van der Waals surface area (Å²) < 4.78 is 4.59. The molecule has 3 N–H and O–H groups in total. The predicted octanol–water partition coefficient (Wildman–Crippen LogP) is 2.65. The minimum Gasteiger partial charge on any atom is -0.453 e. The van der Waals surface area contributed by atoms with Gasteiger partial charge in [-0.3, -0.25) is 10.2 Å². The van der Waals surface area contributed by atoms with Crippen LogP contribution in [0.1, 0.15) is 33.3 Å². The minimum atomic E-state index is -0.472. The number of benzene rings is 1. The third-order valence-electron chi connectivity index (χ3n) is 4.84. The van der Waals surface area contributed by atoms with Gasteiger partial charge in [0.15, 0.2) is 5.96 Å². The number of amides is 1. The van der Waals surface area contributed by atoms with Gasteiger partial charge in [0.05, 0.1) is 13.7 Å². The fraction of sp³-hybridized carbons (Fsp3) is 0.600. The number of guanidine groups is 1. The fourth-order valence-electron chi connectivity index (χ4n) is 3.14. The van der Waals surface area contributed by atoms with Crippen LogP contribution in [0, 0.1) is 5.92 Å². The van der Waals surface area contributed by atoms with E-state index in [0.29, 0.717) is 30.2 Å². The Bertz CT molecular complexity index is 630. The zero-order valence-corrected chi connectivity index (χ0v) is 17.1. The molecule has 1 aliphatic heterocycles. The average molecular weight is 376 g/mol. The van der Waals surface area contributed by atoms with Crippen molar-refractivity contribution in [3.63, 3.8) is 0 Å². The number of nitrogens with zero attached hydrogens (tertiary/aromatic N) is 2. The van der Waals surface area contributed by atoms with Crippen LogP contribution >= 0.6 is 0 Å². The van der Waals surface area contributed by atoms with Gasteiger partial charge in [-0.05, 0) is 44.4 Å². The van der Waals surface area contributed by atoms with Crippen molar-refractivity contribution in [2.45, 2.75) is 46.3 Å². The van der Waals surface area contributed by atoms with Crippen molar-refractivity contribution in [3.8, 4) is 0 Å². The Morgan fingerprint density at radius 2 is 2.00 bits per heavy atom. The number of anilines is 1. The molecule has 1 aromatic rings. The van der Waals surface area contributed by atoms with Crippen molar-refractivity contribution in [2.24, 2.45) is 10.9 Å². The van der Waals surface area contributed by atoms with Crippen LogP contribution in [0.5, 0.6) is 0 Å². The predicted molar refractivity (Wildman–Crippen MR) is 110 cm³/mol. The Hall–Kier alpha value is -2.28. The van der Waals surface area contributed by atoms with Crippen LogP contribution in [0.15, 0.2) is 29.3 Å². The van der Waals surface area contributed by atoms with Gasteiger partial charge in [0.25, 0.3) is 0 Å². The van der Waals surface area contributed by atoms with Crippen LogP contribution in [0.4, 0.5) is 10.5 Å². The second kappa shape index (κ2) is 10.2. The van der Waals surface area contributed by atoms with E-state index in [2.05, 4.69) is 53.3 Å². The average Bonchev–Trinajstić information content (AvgIpc) is 3.02. The number of carbonyl (C=O) groups is 1. The van der Waals surface area contributed by atoms with Crippen molar-refractivity contribution in [1.29, 1.82) is 0 Å². The number of hydrogen-bond donors (Lipinski definition) is 3. The lowest BCUT2D eigenvalue weighted by Gasteiger charge is -2.22. The number of likely N-dealkylation sites (tertiary alicyclic amines) is 1. The Balaban J connectivity index is 1.96. The van der Waals surface area contributed by atoms with Crippen LogP contribution in [-0.4, -0.2) is 55.8 Å². The topological polar surface area (TPSA) is 78.0 Å². The number of methoxy groups -OCH3 is 1. The normalized spacial score (nSPS) is 20.6. The SMILES string of the molecule is CCNC(=NCc1ccc(NC(=O)OC)cc1)NC1CN(C(C)C)CC1C. The second-order valence-corrected chi connectivity index (χ2v) is 7.28. The molecule has 27 heavy (non-hydrogen) atoms. The lowest BCUT2D eigenvalue weighted by Crippen LogP contribution is -2.46. The molecule has 1 amide bonds. The molecule has 2 unspecified atom stereocenters. The van der Waals surface area contributed by atoms with Gasteiger partial charge in [0, 0.05) is 37.4 Å². The third kappa shape index (κ3) is 6.43. The molecule has 0 saturated carbocycles. The van der Waals surface area contributed by atoms with Crippen molar-refractivity contribution in [1.82, 2.24) is 15.5 Å². The first-order valence-electron chi connectivity index (χ1n) is 9.65. The molecule has 0 bridgehead atoms. The number of ether oxygens (including phenoxy) is 1. The second-order valence-electron chi connectivity index (χ2n) is 7.28. The summed E-state index contributed by atoms with van der Waals surface area (Å²) in [5.41, 5.74) is 1.78. The molecule has 0 aromatic heterocycles. The molecule has 0 spiro atoms. The molecule has 1 heterocycles. The van der Waals surface area contributed by atoms with Crippen molar-refractivity contribution in [2.75, 3.05) is 32.1 Å². The molecule has 7 nitrogen and oxygen atoms in total. The van der Waals surface area contributed by atoms with Crippen LogP contribution < -0.4 is 16.0 Å². The zero-order chi connectivity index (χ0) is 19.8. The summed E-state index contributed by atoms with van der Waals surface area (Å²) in [6, 6.07) is 8.57. The van der Waals surface area contributed by atoms with Gasteiger partial charge in [-0.2, -0.15) is 0 Å². The number of hydrogen-bond acceptors (Lipinski definition) is 4. The first kappa shape index (κ1) is 21.0. The molecule has 0 aliphatic carbocycles. The molecule has 2 rings (SSSR count). The summed E-state index contributed by atoms with van der Waals surface area (Å²) in [6.07, 6.45) is -0.472. The van der Waals surface area contributed by atoms with Gasteiger partial charge in [0.2, 0.25) is 0 Å². The Morgan fingerprint density at radius 3 is 2.56 bits per heavy atom. The smallest absolute Gasteiger partial charge is 0.411 e. The highest BCUT2D eigenvalue weighted by atomic mass is 16.5. The Kier molecular flexibility index (Phi) is 7.91. The van der Waals surface area contributed by atoms with E-state index in [1.807, 2.05) is 24.3 Å². The molecule has 1 saturated heterocycles. The van der Waals surface area contributed by atoms with Gasteiger partial charge >= 0.3 is 6.09 Å². The van der Waals surface area contributed by atoms with Gasteiger partial charge in [-0.25, -0.2) is 9.79 Å². The maximum Gasteiger partial charge on any atom is 0.411 e. The minimum absolute atomic E-state index is 0.400. The largest absolute Gasteiger partial charge is 0.453 e. The van der Waals surface area contributed by atoms with E-state index in [0.717, 1.165) is 31.2 Å². The van der Waals surface area contributed by atoms with Gasteiger partial charge in [0.1, 0.15) is 0 Å². The van der Waals surface area contributed by atoms with Crippen LogP contribution in [0.2, 0.25) is 0 Å². The monoisotopic (exact) mass is 375 g/mol. The molecular weight excluding hydrogens is 342 g/mol. The van der Waals surface area contributed by atoms with Crippen LogP contribution in [0.3, 0.4) is 0 Å². The summed E-state index contributed by atoms with van der Waals surface area (Å²) in [5.74, 6) is 1.43. The fourth-order valence-corrected chi connectivity index (χ4v) is 3.14. The van der Waals surface area contributed by atoms with Crippen molar-refractivity contribution >= 4 is 17.7 Å². The third-order valence-corrected chi connectivity index (χ3v) is 4.84. The molecule has 0 radical (unpaired) electrons. The molecule has 1 fully saturated rings. The number of nitrogens with one attached hydrogen (secondary N) is 3. The highest BCUT2D eigenvalue weighted by molar-refractivity contribution is 5.84. The van der Waals surface area contributed by atoms with Crippen molar-refractivity contribution in [3.05, 3.63) is 29.8 Å². The molecule has 1 aromatic carbocycles. The van der Waals surface area contributed by atoms with E-state index < -0.39 is 6.09 Å². The maximum absolute atomic E-state index is 11.2. The molecule has 2 atom stereocenters. The number of rotatable bonds is 6. The molecular formula is C20H33N5O2. The quantitative estimate of drug-likeness (QED) is 0.526. The van der Waals surface area contributed by atoms with Gasteiger partial charge in [-0.1, -0.05) is 19.1 Å². The standard InChI is InChI=1S/C20H33N5O2/c1-6-21-19(24-18-13-25(14(2)3)12-15(18)4)22-11-16-7-9-17(10-8-16)23-20(26)27-5/h7-10,14-15,18H,6,11-13H2,1-5H3,(H,23,26)(H2,21,22,24). The summed E-state index contributed by atoms with van der Waals surface area (Å²) in [6.45, 7) is 12.4. The number of carbonyl (C=O) groups excluding carboxylic acids is 1. The van der Waals surface area contributed by atoms with E-state index in [1.165, 1.54) is 7.11 Å². The summed E-state index contributed by atoms with van der Waals surface area (Å²) in [7, 11) is 1.35. The first-order valence-corrected chi connectivity index (χ1v) is 9.65. The number of aliphatic imine (C=N–C) groups is 1. The van der Waals surface area contributed by atoms with Crippen LogP contribution in [0.25, 0.3) is 0 Å². The molecule has 7 heteroatoms. The first-order chi connectivity index (χ1) is 12.9. The lowest BCUT2D eigenvalue weighted by molar-refractivity contribution is 0.187. The highest BCUT2D eigenvalue weighted by Gasteiger charge is 2.31. The molecule has 1 aliphatic rings. The van der Waals surface area contributed by atoms with E-state index in [-0.39, 0.29) is 0 Å². The van der Waals surface area contributed by atoms with E-state index in [1.54, 1.807) is 0 Å². The summed E-state index contributed by atoms with van der Waals surface area (Å²) in [5, 5.41) is 9.57. The van der Waals surface area contributed by atoms with E-state index in [4.69, 9.17) is 4.99 Å². The lowest BCUT2D eigenvalue weighted by atomic mass is 10.1. The highest BCUT2D eigenvalue weighted by Crippen LogP contribution is 2.18. The van der Waals surface area contributed by atoms with E-state index in [9.17, 15) is 4.79 Å². The molecule has 150 valence electrons. The summed E-state index contributed by atoms with van der Waals surface area (Å²) >= 11 is 0. The summed E-state index contributed by atoms with van der Waals surface area (Å²) in [4.78, 5) is 18.5. The Labute approximate surface area is 162 Å². The van der Waals surface area contributed by atoms with E-state index >= 15 is 0 Å².